The minimum absolute atomic E-state index is 1.05. The summed E-state index contributed by atoms with van der Waals surface area (Å²) < 4.78 is 0. The highest BCUT2D eigenvalue weighted by molar-refractivity contribution is 8.13. The second-order valence-electron chi connectivity index (χ2n) is 2.71. The summed E-state index contributed by atoms with van der Waals surface area (Å²) in [5, 5.41) is 1.30. The predicted octanol–water partition coefficient (Wildman–Crippen LogP) is 1.19. The Morgan fingerprint density at radius 2 is 2.20 bits per heavy atom. The molecular formula is C7H12N2S. The van der Waals surface area contributed by atoms with Crippen molar-refractivity contribution in [1.82, 2.24) is 4.90 Å². The fourth-order valence-corrected chi connectivity index (χ4v) is 2.40. The lowest BCUT2D eigenvalue weighted by molar-refractivity contribution is 0.398. The highest BCUT2D eigenvalue weighted by atomic mass is 32.2. The van der Waals surface area contributed by atoms with Crippen molar-refractivity contribution in [2.75, 3.05) is 25.4 Å². The van der Waals surface area contributed by atoms with E-state index >= 15 is 0 Å². The van der Waals surface area contributed by atoms with Gasteiger partial charge in [-0.15, -0.1) is 0 Å². The Balaban J connectivity index is 2.08. The third-order valence-electron chi connectivity index (χ3n) is 1.91. The lowest BCUT2D eigenvalue weighted by atomic mass is 10.3. The van der Waals surface area contributed by atoms with E-state index in [2.05, 4.69) is 9.89 Å². The summed E-state index contributed by atoms with van der Waals surface area (Å²) in [6, 6.07) is 0. The zero-order chi connectivity index (χ0) is 6.81. The van der Waals surface area contributed by atoms with E-state index in [0.29, 0.717) is 0 Å². The molecule has 0 aliphatic carbocycles. The van der Waals surface area contributed by atoms with Gasteiger partial charge in [0.15, 0.2) is 5.17 Å². The van der Waals surface area contributed by atoms with Crippen molar-refractivity contribution in [3.63, 3.8) is 0 Å². The van der Waals surface area contributed by atoms with Crippen LogP contribution in [0, 0.1) is 0 Å². The zero-order valence-corrected chi connectivity index (χ0v) is 6.86. The number of thioether (sulfide) groups is 1. The molecule has 1 saturated heterocycles. The lowest BCUT2D eigenvalue weighted by Crippen LogP contribution is -2.37. The molecule has 0 aromatic carbocycles. The summed E-state index contributed by atoms with van der Waals surface area (Å²) in [5.41, 5.74) is 0. The minimum atomic E-state index is 1.05. The van der Waals surface area contributed by atoms with Crippen molar-refractivity contribution >= 4 is 16.9 Å². The molecule has 0 aromatic rings. The first-order valence-electron chi connectivity index (χ1n) is 3.89. The number of rotatable bonds is 0. The molecule has 0 aromatic heterocycles. The van der Waals surface area contributed by atoms with Crippen molar-refractivity contribution < 1.29 is 0 Å². The molecule has 2 rings (SSSR count). The molecule has 2 aliphatic heterocycles. The van der Waals surface area contributed by atoms with Crippen molar-refractivity contribution in [3.8, 4) is 0 Å². The van der Waals surface area contributed by atoms with E-state index in [1.54, 1.807) is 0 Å². The first-order chi connectivity index (χ1) is 4.97. The number of nitrogens with zero attached hydrogens (tertiary/aromatic N) is 2. The van der Waals surface area contributed by atoms with Crippen LogP contribution in [0.1, 0.15) is 12.8 Å². The van der Waals surface area contributed by atoms with E-state index in [1.807, 2.05) is 11.8 Å². The van der Waals surface area contributed by atoms with Crippen LogP contribution in [0.3, 0.4) is 0 Å². The standard InChI is InChI=1S/C7H12N2S/c1-3-8-7-9(4-1)5-2-6-10-7/h1-6H2. The van der Waals surface area contributed by atoms with Crippen LogP contribution in [-0.2, 0) is 0 Å². The second-order valence-corrected chi connectivity index (χ2v) is 3.77. The number of aliphatic imine (C=N–C) groups is 1. The number of fused-ring (bicyclic) bond motifs is 1. The van der Waals surface area contributed by atoms with Gasteiger partial charge in [-0.2, -0.15) is 0 Å². The molecule has 2 heterocycles. The Hall–Kier alpha value is -0.180. The molecule has 0 bridgehead atoms. The minimum Gasteiger partial charge on any atom is -0.351 e. The van der Waals surface area contributed by atoms with Crippen LogP contribution < -0.4 is 0 Å². The summed E-state index contributed by atoms with van der Waals surface area (Å²) in [5.74, 6) is 1.27. The molecule has 0 radical (unpaired) electrons. The van der Waals surface area contributed by atoms with Gasteiger partial charge in [0.2, 0.25) is 0 Å². The number of hydrogen-bond donors (Lipinski definition) is 0. The van der Waals surface area contributed by atoms with Gasteiger partial charge in [-0.25, -0.2) is 0 Å². The summed E-state index contributed by atoms with van der Waals surface area (Å²) in [6.45, 7) is 3.54. The van der Waals surface area contributed by atoms with Gasteiger partial charge in [-0.05, 0) is 12.8 Å². The molecular weight excluding hydrogens is 144 g/mol. The summed E-state index contributed by atoms with van der Waals surface area (Å²) in [7, 11) is 0. The van der Waals surface area contributed by atoms with Gasteiger partial charge in [0, 0.05) is 25.4 Å². The SMILES string of the molecule is C1CN=C2SCCCN2C1. The van der Waals surface area contributed by atoms with Gasteiger partial charge in [-0.3, -0.25) is 4.99 Å². The van der Waals surface area contributed by atoms with Crippen LogP contribution in [0.15, 0.2) is 4.99 Å². The van der Waals surface area contributed by atoms with Crippen molar-refractivity contribution in [1.29, 1.82) is 0 Å². The normalized spacial score (nSPS) is 25.6. The maximum Gasteiger partial charge on any atom is 0.159 e. The maximum absolute atomic E-state index is 4.46. The Morgan fingerprint density at radius 1 is 1.30 bits per heavy atom. The highest BCUT2D eigenvalue weighted by Gasteiger charge is 2.18. The molecule has 0 unspecified atom stereocenters. The third-order valence-corrected chi connectivity index (χ3v) is 3.05. The van der Waals surface area contributed by atoms with E-state index in [-0.39, 0.29) is 0 Å². The largest absolute Gasteiger partial charge is 0.351 e. The van der Waals surface area contributed by atoms with Crippen LogP contribution in [0.2, 0.25) is 0 Å². The van der Waals surface area contributed by atoms with Gasteiger partial charge in [0.25, 0.3) is 0 Å². The monoisotopic (exact) mass is 156 g/mol. The van der Waals surface area contributed by atoms with Crippen LogP contribution in [0.5, 0.6) is 0 Å². The zero-order valence-electron chi connectivity index (χ0n) is 6.05. The molecule has 0 N–H and O–H groups in total. The van der Waals surface area contributed by atoms with E-state index in [0.717, 1.165) is 6.54 Å². The first-order valence-corrected chi connectivity index (χ1v) is 4.87. The lowest BCUT2D eigenvalue weighted by Gasteiger charge is -2.32. The molecule has 2 nitrogen and oxygen atoms in total. The summed E-state index contributed by atoms with van der Waals surface area (Å²) >= 11 is 1.92. The molecule has 0 saturated carbocycles. The fourth-order valence-electron chi connectivity index (χ4n) is 1.40. The van der Waals surface area contributed by atoms with Crippen LogP contribution in [0.25, 0.3) is 0 Å². The van der Waals surface area contributed by atoms with Gasteiger partial charge >= 0.3 is 0 Å². The molecule has 10 heavy (non-hydrogen) atoms. The van der Waals surface area contributed by atoms with Crippen LogP contribution in [0.4, 0.5) is 0 Å². The molecule has 1 fully saturated rings. The highest BCUT2D eigenvalue weighted by Crippen LogP contribution is 2.20. The molecule has 0 spiro atoms. The van der Waals surface area contributed by atoms with Gasteiger partial charge in [0.1, 0.15) is 0 Å². The average molecular weight is 156 g/mol. The average Bonchev–Trinajstić information content (AvgIpc) is 2.05. The van der Waals surface area contributed by atoms with Crippen LogP contribution in [-0.4, -0.2) is 35.5 Å². The van der Waals surface area contributed by atoms with Crippen molar-refractivity contribution in [3.05, 3.63) is 0 Å². The van der Waals surface area contributed by atoms with E-state index in [9.17, 15) is 0 Å². The van der Waals surface area contributed by atoms with E-state index < -0.39 is 0 Å². The predicted molar refractivity (Wildman–Crippen MR) is 45.6 cm³/mol. The van der Waals surface area contributed by atoms with Gasteiger partial charge in [-0.1, -0.05) is 11.8 Å². The van der Waals surface area contributed by atoms with Crippen molar-refractivity contribution in [2.45, 2.75) is 12.8 Å². The molecule has 2 aliphatic rings. The Kier molecular flexibility index (Phi) is 1.84. The summed E-state index contributed by atoms with van der Waals surface area (Å²) in [4.78, 5) is 6.87. The van der Waals surface area contributed by atoms with E-state index in [4.69, 9.17) is 0 Å². The van der Waals surface area contributed by atoms with Gasteiger partial charge < -0.3 is 4.90 Å². The Morgan fingerprint density at radius 3 is 3.10 bits per heavy atom. The smallest absolute Gasteiger partial charge is 0.159 e. The Labute approximate surface area is 65.7 Å². The second kappa shape index (κ2) is 2.82. The maximum atomic E-state index is 4.46. The molecule has 0 amide bonds. The summed E-state index contributed by atoms with van der Waals surface area (Å²) in [6.07, 6.45) is 2.59. The van der Waals surface area contributed by atoms with Gasteiger partial charge in [0.05, 0.1) is 0 Å². The van der Waals surface area contributed by atoms with E-state index in [1.165, 1.54) is 36.9 Å². The quantitative estimate of drug-likeness (QED) is 0.523. The fraction of sp³-hybridized carbons (Fsp3) is 0.857. The third kappa shape index (κ3) is 1.15. The molecule has 56 valence electrons. The van der Waals surface area contributed by atoms with Crippen molar-refractivity contribution in [2.24, 2.45) is 4.99 Å². The van der Waals surface area contributed by atoms with Crippen LogP contribution >= 0.6 is 11.8 Å². The molecule has 0 atom stereocenters. The number of hydrogen-bond acceptors (Lipinski definition) is 3. The molecule has 3 heteroatoms. The topological polar surface area (TPSA) is 15.6 Å². The number of amidine groups is 1. The Bertz CT molecular complexity index is 156. The first kappa shape index (κ1) is 6.53.